The van der Waals surface area contributed by atoms with Crippen LogP contribution in [0, 0.1) is 5.41 Å². The number of rotatable bonds is 4. The summed E-state index contributed by atoms with van der Waals surface area (Å²) in [7, 11) is 0. The Kier molecular flexibility index (Phi) is 4.26. The number of carbonyl (C=O) groups is 1. The Morgan fingerprint density at radius 2 is 2.21 bits per heavy atom. The monoisotopic (exact) mass is 341 g/mol. The van der Waals surface area contributed by atoms with Crippen LogP contribution in [0.3, 0.4) is 0 Å². The van der Waals surface area contributed by atoms with Gasteiger partial charge in [0.15, 0.2) is 0 Å². The zero-order valence-electron chi connectivity index (χ0n) is 11.2. The van der Waals surface area contributed by atoms with Crippen LogP contribution in [0.2, 0.25) is 0 Å². The van der Waals surface area contributed by atoms with Gasteiger partial charge in [0.2, 0.25) is 0 Å². The van der Waals surface area contributed by atoms with Crippen molar-refractivity contribution in [1.29, 1.82) is 0 Å². The molecule has 0 amide bonds. The van der Waals surface area contributed by atoms with Gasteiger partial charge >= 0.3 is 5.97 Å². The van der Waals surface area contributed by atoms with Crippen molar-refractivity contribution in [3.63, 3.8) is 0 Å². The van der Waals surface area contributed by atoms with Crippen LogP contribution in [0.4, 0.5) is 0 Å². The molecule has 0 atom stereocenters. The van der Waals surface area contributed by atoms with Crippen molar-refractivity contribution < 1.29 is 9.53 Å². The molecule has 0 saturated carbocycles. The first-order valence-corrected chi connectivity index (χ1v) is 7.74. The third-order valence-corrected chi connectivity index (χ3v) is 4.92. The van der Waals surface area contributed by atoms with Crippen LogP contribution in [-0.2, 0) is 16.0 Å². The molecule has 0 aliphatic carbocycles. The van der Waals surface area contributed by atoms with Crippen molar-refractivity contribution in [1.82, 2.24) is 4.98 Å². The second kappa shape index (κ2) is 5.59. The maximum absolute atomic E-state index is 11.9. The van der Waals surface area contributed by atoms with E-state index in [0.29, 0.717) is 13.0 Å². The molecule has 0 unspecified atom stereocenters. The molecule has 2 aromatic rings. The number of pyridine rings is 1. The average molecular weight is 342 g/mol. The lowest BCUT2D eigenvalue weighted by atomic mass is 9.89. The van der Waals surface area contributed by atoms with E-state index in [1.54, 1.807) is 17.5 Å². The van der Waals surface area contributed by atoms with Gasteiger partial charge < -0.3 is 4.74 Å². The van der Waals surface area contributed by atoms with E-state index in [4.69, 9.17) is 4.74 Å². The van der Waals surface area contributed by atoms with Gasteiger partial charge in [-0.3, -0.25) is 9.78 Å². The molecule has 0 radical (unpaired) electrons. The average Bonchev–Trinajstić information content (AvgIpc) is 2.72. The number of aromatic nitrogens is 1. The van der Waals surface area contributed by atoms with Crippen LogP contribution < -0.4 is 0 Å². The Bertz CT molecular complexity index is 607. The number of thiophene rings is 1. The van der Waals surface area contributed by atoms with Crippen molar-refractivity contribution in [3.8, 4) is 0 Å². The number of fused-ring (bicyclic) bond motifs is 1. The molecule has 3 nitrogen and oxygen atoms in total. The number of carbonyl (C=O) groups excluding carboxylic acids is 1. The highest BCUT2D eigenvalue weighted by Crippen LogP contribution is 2.34. The van der Waals surface area contributed by atoms with Gasteiger partial charge in [-0.25, -0.2) is 0 Å². The van der Waals surface area contributed by atoms with Crippen LogP contribution in [-0.4, -0.2) is 17.6 Å². The normalized spacial score (nSPS) is 11.8. The van der Waals surface area contributed by atoms with Crippen molar-refractivity contribution in [3.05, 3.63) is 27.8 Å². The van der Waals surface area contributed by atoms with Crippen molar-refractivity contribution in [2.75, 3.05) is 6.61 Å². The molecule has 19 heavy (non-hydrogen) atoms. The lowest BCUT2D eigenvalue weighted by molar-refractivity contribution is -0.153. The second-order valence-corrected chi connectivity index (χ2v) is 7.02. The summed E-state index contributed by atoms with van der Waals surface area (Å²) in [6.07, 6.45) is 4.31. The van der Waals surface area contributed by atoms with Gasteiger partial charge in [0, 0.05) is 22.7 Å². The Morgan fingerprint density at radius 1 is 1.47 bits per heavy atom. The minimum absolute atomic E-state index is 0.148. The summed E-state index contributed by atoms with van der Waals surface area (Å²) >= 11 is 5.19. The summed E-state index contributed by atoms with van der Waals surface area (Å²) in [6.45, 7) is 6.09. The predicted octanol–water partition coefficient (Wildman–Crippen LogP) is 4.19. The number of nitrogens with zero attached hydrogens (tertiary/aromatic N) is 1. The fraction of sp³-hybridized carbons (Fsp3) is 0.429. The topological polar surface area (TPSA) is 39.2 Å². The number of hydrogen-bond donors (Lipinski definition) is 0. The first-order chi connectivity index (χ1) is 8.94. The Morgan fingerprint density at radius 3 is 2.84 bits per heavy atom. The molecule has 2 heterocycles. The largest absolute Gasteiger partial charge is 0.466 e. The molecule has 0 aliphatic rings. The van der Waals surface area contributed by atoms with Gasteiger partial charge in [-0.15, -0.1) is 11.3 Å². The van der Waals surface area contributed by atoms with Crippen LogP contribution in [0.1, 0.15) is 25.6 Å². The molecule has 5 heteroatoms. The molecule has 0 bridgehead atoms. The minimum atomic E-state index is -0.503. The number of halogens is 1. The van der Waals surface area contributed by atoms with Crippen LogP contribution in [0.15, 0.2) is 22.9 Å². The van der Waals surface area contributed by atoms with Gasteiger partial charge in [-0.1, -0.05) is 0 Å². The van der Waals surface area contributed by atoms with E-state index in [-0.39, 0.29) is 5.97 Å². The van der Waals surface area contributed by atoms with Gasteiger partial charge in [0.05, 0.1) is 21.2 Å². The lowest BCUT2D eigenvalue weighted by Crippen LogP contribution is -2.28. The zero-order valence-corrected chi connectivity index (χ0v) is 13.6. The molecule has 102 valence electrons. The number of ether oxygens (including phenoxy) is 1. The van der Waals surface area contributed by atoms with E-state index >= 15 is 0 Å². The van der Waals surface area contributed by atoms with E-state index in [0.717, 1.165) is 9.86 Å². The lowest BCUT2D eigenvalue weighted by Gasteiger charge is -2.21. The standard InChI is InChI=1S/C14H16BrNO2S/c1-4-18-13(17)14(2,3)6-10-5-9-7-16-8-11(15)12(9)19-10/h5,7-8H,4,6H2,1-3H3. The van der Waals surface area contributed by atoms with Crippen molar-refractivity contribution >= 4 is 43.3 Å². The van der Waals surface area contributed by atoms with Crippen LogP contribution >= 0.6 is 27.3 Å². The van der Waals surface area contributed by atoms with E-state index in [9.17, 15) is 4.79 Å². The summed E-state index contributed by atoms with van der Waals surface area (Å²) in [5, 5.41) is 1.11. The van der Waals surface area contributed by atoms with Gasteiger partial charge in [0.1, 0.15) is 0 Å². The Labute approximate surface area is 125 Å². The Hall–Kier alpha value is -0.940. The first-order valence-electron chi connectivity index (χ1n) is 6.13. The molecule has 2 rings (SSSR count). The molecule has 0 spiro atoms. The van der Waals surface area contributed by atoms with Crippen LogP contribution in [0.5, 0.6) is 0 Å². The van der Waals surface area contributed by atoms with E-state index in [1.165, 1.54) is 9.58 Å². The quantitative estimate of drug-likeness (QED) is 0.782. The fourth-order valence-corrected chi connectivity index (χ4v) is 3.75. The number of esters is 1. The molecule has 0 saturated heterocycles. The molecule has 0 aromatic carbocycles. The first kappa shape index (κ1) is 14.5. The van der Waals surface area contributed by atoms with E-state index < -0.39 is 5.41 Å². The fourth-order valence-electron chi connectivity index (χ4n) is 1.90. The number of hydrogen-bond acceptors (Lipinski definition) is 4. The summed E-state index contributed by atoms with van der Waals surface area (Å²) in [5.41, 5.74) is -0.503. The smallest absolute Gasteiger partial charge is 0.311 e. The van der Waals surface area contributed by atoms with E-state index in [2.05, 4.69) is 27.0 Å². The molecule has 0 aliphatic heterocycles. The van der Waals surface area contributed by atoms with Crippen molar-refractivity contribution in [2.45, 2.75) is 27.2 Å². The maximum Gasteiger partial charge on any atom is 0.311 e. The third kappa shape index (κ3) is 3.15. The van der Waals surface area contributed by atoms with Gasteiger partial charge in [-0.05, 0) is 49.2 Å². The molecular weight excluding hydrogens is 326 g/mol. The minimum Gasteiger partial charge on any atom is -0.466 e. The van der Waals surface area contributed by atoms with Crippen molar-refractivity contribution in [2.24, 2.45) is 5.41 Å². The molecular formula is C14H16BrNO2S. The second-order valence-electron chi connectivity index (χ2n) is 5.03. The van der Waals surface area contributed by atoms with Gasteiger partial charge in [0.25, 0.3) is 0 Å². The highest BCUT2D eigenvalue weighted by atomic mass is 79.9. The summed E-state index contributed by atoms with van der Waals surface area (Å²) in [5.74, 6) is -0.148. The van der Waals surface area contributed by atoms with E-state index in [1.807, 2.05) is 27.0 Å². The van der Waals surface area contributed by atoms with Gasteiger partial charge in [-0.2, -0.15) is 0 Å². The molecule has 2 aromatic heterocycles. The summed E-state index contributed by atoms with van der Waals surface area (Å²) in [4.78, 5) is 17.2. The SMILES string of the molecule is CCOC(=O)C(C)(C)Cc1cc2cncc(Br)c2s1. The summed E-state index contributed by atoms with van der Waals surface area (Å²) in [6, 6.07) is 2.10. The Balaban J connectivity index is 2.26. The highest BCUT2D eigenvalue weighted by Gasteiger charge is 2.30. The molecule has 0 fully saturated rings. The van der Waals surface area contributed by atoms with Crippen LogP contribution in [0.25, 0.3) is 10.1 Å². The third-order valence-electron chi connectivity index (χ3n) is 2.87. The summed E-state index contributed by atoms with van der Waals surface area (Å²) < 4.78 is 7.29. The highest BCUT2D eigenvalue weighted by molar-refractivity contribution is 9.10. The maximum atomic E-state index is 11.9. The zero-order chi connectivity index (χ0) is 14.0. The predicted molar refractivity (Wildman–Crippen MR) is 81.4 cm³/mol. The molecule has 0 N–H and O–H groups in total.